The van der Waals surface area contributed by atoms with E-state index in [1.165, 1.54) is 8.61 Å². The molecule has 0 aliphatic rings. The molecule has 114 valence electrons. The van der Waals surface area contributed by atoms with Gasteiger partial charge in [-0.05, 0) is 38.0 Å². The van der Waals surface area contributed by atoms with Gasteiger partial charge in [0.1, 0.15) is 0 Å². The molecule has 0 unspecified atom stereocenters. The number of anilines is 1. The van der Waals surface area contributed by atoms with Gasteiger partial charge in [-0.15, -0.1) is 0 Å². The average molecular weight is 300 g/mol. The van der Waals surface area contributed by atoms with Gasteiger partial charge in [0, 0.05) is 27.2 Å². The van der Waals surface area contributed by atoms with E-state index in [0.717, 1.165) is 16.8 Å². The molecule has 0 saturated carbocycles. The Morgan fingerprint density at radius 3 is 2.45 bits per heavy atom. The fraction of sp³-hybridized carbons (Fsp3) is 0.571. The minimum atomic E-state index is -3.53. The summed E-state index contributed by atoms with van der Waals surface area (Å²) in [5.41, 5.74) is 2.80. The van der Waals surface area contributed by atoms with Crippen LogP contribution >= 0.6 is 0 Å². The zero-order valence-corrected chi connectivity index (χ0v) is 13.7. The molecule has 1 aromatic rings. The summed E-state index contributed by atoms with van der Waals surface area (Å²) in [5, 5.41) is 0. The zero-order chi connectivity index (χ0) is 15.3. The van der Waals surface area contributed by atoms with Gasteiger partial charge in [-0.25, -0.2) is 0 Å². The number of aryl methyl sites for hydroxylation is 1. The quantitative estimate of drug-likeness (QED) is 0.773. The van der Waals surface area contributed by atoms with Crippen molar-refractivity contribution in [3.05, 3.63) is 29.3 Å². The summed E-state index contributed by atoms with van der Waals surface area (Å²) >= 11 is 0. The monoisotopic (exact) mass is 300 g/mol. The largest absolute Gasteiger partial charge is 0.383 e. The summed E-state index contributed by atoms with van der Waals surface area (Å²) in [6.07, 6.45) is 0. The predicted molar refractivity (Wildman–Crippen MR) is 82.4 cm³/mol. The Bertz CT molecular complexity index is 543. The molecule has 0 radical (unpaired) electrons. The second-order valence-electron chi connectivity index (χ2n) is 4.71. The van der Waals surface area contributed by atoms with Crippen molar-refractivity contribution in [2.45, 2.75) is 20.8 Å². The lowest BCUT2D eigenvalue weighted by Gasteiger charge is -2.29. The highest BCUT2D eigenvalue weighted by Gasteiger charge is 2.27. The first kappa shape index (κ1) is 16.9. The van der Waals surface area contributed by atoms with Crippen molar-refractivity contribution in [2.24, 2.45) is 0 Å². The predicted octanol–water partition coefficient (Wildman–Crippen LogP) is 1.95. The van der Waals surface area contributed by atoms with Gasteiger partial charge in [-0.2, -0.15) is 12.7 Å². The van der Waals surface area contributed by atoms with Gasteiger partial charge in [-0.1, -0.05) is 12.1 Å². The van der Waals surface area contributed by atoms with Crippen LogP contribution in [0.1, 0.15) is 18.1 Å². The molecule has 0 saturated heterocycles. The van der Waals surface area contributed by atoms with Crippen molar-refractivity contribution >= 4 is 15.9 Å². The molecule has 0 amide bonds. The highest BCUT2D eigenvalue weighted by molar-refractivity contribution is 7.90. The molecule has 6 heteroatoms. The van der Waals surface area contributed by atoms with Crippen LogP contribution in [0.2, 0.25) is 0 Å². The Balaban J connectivity index is 3.15. The molecule has 0 N–H and O–H groups in total. The molecule has 1 rings (SSSR count). The minimum absolute atomic E-state index is 0.334. The maximum Gasteiger partial charge on any atom is 0.303 e. The highest BCUT2D eigenvalue weighted by atomic mass is 32.2. The van der Waals surface area contributed by atoms with E-state index in [9.17, 15) is 8.42 Å². The topological polar surface area (TPSA) is 49.9 Å². The Hall–Kier alpha value is -1.11. The SMILES string of the molecule is CCN(c1cccc(C)c1C)S(=O)(=O)N(C)CCOC. The molecule has 0 fully saturated rings. The third-order valence-corrected chi connectivity index (χ3v) is 5.40. The lowest BCUT2D eigenvalue weighted by Crippen LogP contribution is -2.43. The second-order valence-corrected chi connectivity index (χ2v) is 6.67. The van der Waals surface area contributed by atoms with Gasteiger partial charge in [0.2, 0.25) is 0 Å². The van der Waals surface area contributed by atoms with Gasteiger partial charge in [-0.3, -0.25) is 4.31 Å². The van der Waals surface area contributed by atoms with E-state index in [4.69, 9.17) is 4.74 Å². The molecule has 0 spiro atoms. The van der Waals surface area contributed by atoms with Crippen LogP contribution in [0, 0.1) is 13.8 Å². The summed E-state index contributed by atoms with van der Waals surface area (Å²) in [6.45, 7) is 6.86. The summed E-state index contributed by atoms with van der Waals surface area (Å²) < 4.78 is 33.0. The van der Waals surface area contributed by atoms with Crippen molar-refractivity contribution in [3.63, 3.8) is 0 Å². The summed E-state index contributed by atoms with van der Waals surface area (Å²) in [4.78, 5) is 0. The van der Waals surface area contributed by atoms with E-state index in [1.807, 2.05) is 39.0 Å². The van der Waals surface area contributed by atoms with Gasteiger partial charge in [0.15, 0.2) is 0 Å². The maximum absolute atomic E-state index is 12.6. The molecule has 0 atom stereocenters. The van der Waals surface area contributed by atoms with Crippen molar-refractivity contribution in [1.29, 1.82) is 0 Å². The van der Waals surface area contributed by atoms with Crippen LogP contribution < -0.4 is 4.31 Å². The number of ether oxygens (including phenoxy) is 1. The molecule has 0 aliphatic carbocycles. The maximum atomic E-state index is 12.6. The van der Waals surface area contributed by atoms with Crippen molar-refractivity contribution < 1.29 is 13.2 Å². The molecule has 0 aliphatic heterocycles. The molecule has 1 aromatic carbocycles. The number of nitrogens with zero attached hydrogens (tertiary/aromatic N) is 2. The summed E-state index contributed by atoms with van der Waals surface area (Å²) in [6, 6.07) is 5.70. The van der Waals surface area contributed by atoms with Gasteiger partial charge in [0.05, 0.1) is 12.3 Å². The molecular formula is C14H24N2O3S. The van der Waals surface area contributed by atoms with Crippen LogP contribution in [0.5, 0.6) is 0 Å². The van der Waals surface area contributed by atoms with Crippen LogP contribution in [0.4, 0.5) is 5.69 Å². The standard InChI is InChI=1S/C14H24N2O3S/c1-6-16(14-9-7-8-12(2)13(14)3)20(17,18)15(4)10-11-19-5/h7-9H,6,10-11H2,1-5H3. The lowest BCUT2D eigenvalue weighted by molar-refractivity contribution is 0.185. The first-order valence-electron chi connectivity index (χ1n) is 6.65. The minimum Gasteiger partial charge on any atom is -0.383 e. The van der Waals surface area contributed by atoms with E-state index < -0.39 is 10.2 Å². The highest BCUT2D eigenvalue weighted by Crippen LogP contribution is 2.26. The van der Waals surface area contributed by atoms with Crippen LogP contribution in [-0.2, 0) is 14.9 Å². The van der Waals surface area contributed by atoms with Gasteiger partial charge in [0.25, 0.3) is 0 Å². The van der Waals surface area contributed by atoms with Crippen molar-refractivity contribution in [1.82, 2.24) is 4.31 Å². The number of hydrogen-bond donors (Lipinski definition) is 0. The Morgan fingerprint density at radius 1 is 1.25 bits per heavy atom. The molecule has 20 heavy (non-hydrogen) atoms. The van der Waals surface area contributed by atoms with Crippen LogP contribution in [-0.4, -0.2) is 46.6 Å². The fourth-order valence-electron chi connectivity index (χ4n) is 1.97. The van der Waals surface area contributed by atoms with Crippen molar-refractivity contribution in [3.8, 4) is 0 Å². The Labute approximate surface area is 122 Å². The number of benzene rings is 1. The summed E-state index contributed by atoms with van der Waals surface area (Å²) in [5.74, 6) is 0. The van der Waals surface area contributed by atoms with E-state index in [0.29, 0.717) is 19.7 Å². The molecule has 0 heterocycles. The number of methoxy groups -OCH3 is 1. The number of hydrogen-bond acceptors (Lipinski definition) is 3. The number of rotatable bonds is 7. The first-order chi connectivity index (χ1) is 9.36. The van der Waals surface area contributed by atoms with Crippen LogP contribution in [0.15, 0.2) is 18.2 Å². The molecule has 0 bridgehead atoms. The number of likely N-dealkylation sites (N-methyl/N-ethyl adjacent to an activating group) is 1. The average Bonchev–Trinajstić information content (AvgIpc) is 2.41. The molecular weight excluding hydrogens is 276 g/mol. The first-order valence-corrected chi connectivity index (χ1v) is 8.05. The Morgan fingerprint density at radius 2 is 1.90 bits per heavy atom. The molecule has 5 nitrogen and oxygen atoms in total. The Kier molecular flexibility index (Phi) is 5.98. The zero-order valence-electron chi connectivity index (χ0n) is 12.9. The second kappa shape index (κ2) is 7.06. The third-order valence-electron chi connectivity index (χ3n) is 3.41. The fourth-order valence-corrected chi connectivity index (χ4v) is 3.38. The molecule has 0 aromatic heterocycles. The van der Waals surface area contributed by atoms with E-state index in [1.54, 1.807) is 14.2 Å². The van der Waals surface area contributed by atoms with Crippen LogP contribution in [0.25, 0.3) is 0 Å². The normalized spacial score (nSPS) is 11.9. The summed E-state index contributed by atoms with van der Waals surface area (Å²) in [7, 11) is -0.399. The van der Waals surface area contributed by atoms with Gasteiger partial charge < -0.3 is 4.74 Å². The van der Waals surface area contributed by atoms with Crippen LogP contribution in [0.3, 0.4) is 0 Å². The smallest absolute Gasteiger partial charge is 0.303 e. The lowest BCUT2D eigenvalue weighted by atomic mass is 10.1. The van der Waals surface area contributed by atoms with E-state index >= 15 is 0 Å². The third kappa shape index (κ3) is 3.50. The van der Waals surface area contributed by atoms with Gasteiger partial charge >= 0.3 is 10.2 Å². The van der Waals surface area contributed by atoms with E-state index in [2.05, 4.69) is 0 Å². The van der Waals surface area contributed by atoms with E-state index in [-0.39, 0.29) is 0 Å². The van der Waals surface area contributed by atoms with Crippen molar-refractivity contribution in [2.75, 3.05) is 38.2 Å².